The predicted molar refractivity (Wildman–Crippen MR) is 130 cm³/mol. The quantitative estimate of drug-likeness (QED) is 0.515. The van der Waals surface area contributed by atoms with Crippen molar-refractivity contribution < 1.29 is 19.1 Å². The molecule has 1 N–H and O–H groups in total. The van der Waals surface area contributed by atoms with E-state index in [9.17, 15) is 9.59 Å². The van der Waals surface area contributed by atoms with Crippen molar-refractivity contribution >= 4 is 28.8 Å². The van der Waals surface area contributed by atoms with Gasteiger partial charge in [0.05, 0.1) is 30.7 Å². The average molecular weight is 443 g/mol. The second-order valence-corrected chi connectivity index (χ2v) is 7.75. The zero-order valence-electron chi connectivity index (χ0n) is 19.1. The second kappa shape index (κ2) is 9.20. The van der Waals surface area contributed by atoms with Crippen LogP contribution in [0, 0.1) is 13.8 Å². The van der Waals surface area contributed by atoms with E-state index in [-0.39, 0.29) is 11.6 Å². The molecule has 2 amide bonds. The first-order valence-corrected chi connectivity index (χ1v) is 10.8. The zero-order chi connectivity index (χ0) is 23.5. The Balaban J connectivity index is 1.83. The van der Waals surface area contributed by atoms with Crippen LogP contribution in [0.25, 0.3) is 5.57 Å². The van der Waals surface area contributed by atoms with Crippen LogP contribution in [0.5, 0.6) is 11.5 Å². The highest BCUT2D eigenvalue weighted by molar-refractivity contribution is 6.46. The molecule has 1 aliphatic heterocycles. The van der Waals surface area contributed by atoms with Gasteiger partial charge >= 0.3 is 0 Å². The third kappa shape index (κ3) is 4.20. The van der Waals surface area contributed by atoms with Gasteiger partial charge in [-0.25, -0.2) is 4.90 Å². The molecule has 0 spiro atoms. The van der Waals surface area contributed by atoms with Crippen molar-refractivity contribution in [3.8, 4) is 11.5 Å². The fourth-order valence-electron chi connectivity index (χ4n) is 3.76. The van der Waals surface area contributed by atoms with E-state index in [4.69, 9.17) is 9.47 Å². The number of amides is 2. The first-order valence-electron chi connectivity index (χ1n) is 10.8. The Morgan fingerprint density at radius 3 is 2.27 bits per heavy atom. The molecule has 0 fully saturated rings. The molecule has 3 aromatic rings. The van der Waals surface area contributed by atoms with Gasteiger partial charge in [-0.05, 0) is 73.9 Å². The molecule has 0 saturated carbocycles. The Labute approximate surface area is 193 Å². The number of carbonyl (C=O) groups excluding carboxylic acids is 2. The lowest BCUT2D eigenvalue weighted by Gasteiger charge is -2.16. The number of rotatable bonds is 7. The van der Waals surface area contributed by atoms with E-state index in [2.05, 4.69) is 5.32 Å². The fourth-order valence-corrected chi connectivity index (χ4v) is 3.76. The molecule has 3 aromatic carbocycles. The average Bonchev–Trinajstić information content (AvgIpc) is 3.06. The summed E-state index contributed by atoms with van der Waals surface area (Å²) in [6, 6.07) is 20.0. The van der Waals surface area contributed by atoms with Crippen LogP contribution in [0.2, 0.25) is 0 Å². The summed E-state index contributed by atoms with van der Waals surface area (Å²) < 4.78 is 10.9. The van der Waals surface area contributed by atoms with Crippen LogP contribution < -0.4 is 19.7 Å². The molecule has 4 rings (SSSR count). The lowest BCUT2D eigenvalue weighted by atomic mass is 9.99. The number of hydrogen-bond acceptors (Lipinski definition) is 5. The van der Waals surface area contributed by atoms with Crippen LogP contribution in [0.15, 0.2) is 72.4 Å². The number of para-hydroxylation sites is 2. The summed E-state index contributed by atoms with van der Waals surface area (Å²) in [6.07, 6.45) is 0. The minimum absolute atomic E-state index is 0.214. The molecule has 0 saturated heterocycles. The first-order chi connectivity index (χ1) is 15.9. The minimum atomic E-state index is -0.426. The molecule has 168 valence electrons. The van der Waals surface area contributed by atoms with E-state index in [0.717, 1.165) is 11.1 Å². The third-order valence-corrected chi connectivity index (χ3v) is 5.66. The minimum Gasteiger partial charge on any atom is -0.497 e. The molecule has 0 aliphatic carbocycles. The van der Waals surface area contributed by atoms with E-state index in [1.807, 2.05) is 63.2 Å². The number of ether oxygens (including phenoxy) is 2. The molecule has 33 heavy (non-hydrogen) atoms. The van der Waals surface area contributed by atoms with E-state index in [0.29, 0.717) is 40.6 Å². The summed E-state index contributed by atoms with van der Waals surface area (Å²) in [5.74, 6) is 0.439. The number of benzene rings is 3. The van der Waals surface area contributed by atoms with Gasteiger partial charge in [0, 0.05) is 0 Å². The molecule has 0 bridgehead atoms. The van der Waals surface area contributed by atoms with Crippen molar-refractivity contribution in [3.05, 3.63) is 89.1 Å². The predicted octanol–water partition coefficient (Wildman–Crippen LogP) is 5.11. The monoisotopic (exact) mass is 442 g/mol. The Kier molecular flexibility index (Phi) is 6.18. The fraction of sp³-hybridized carbons (Fsp3) is 0.185. The van der Waals surface area contributed by atoms with Gasteiger partial charge in [0.25, 0.3) is 11.8 Å². The van der Waals surface area contributed by atoms with Gasteiger partial charge in [0.15, 0.2) is 0 Å². The maximum atomic E-state index is 13.6. The molecule has 6 nitrogen and oxygen atoms in total. The highest BCUT2D eigenvalue weighted by Crippen LogP contribution is 2.36. The molecule has 0 atom stereocenters. The van der Waals surface area contributed by atoms with E-state index >= 15 is 0 Å². The highest BCUT2D eigenvalue weighted by Gasteiger charge is 2.40. The van der Waals surface area contributed by atoms with Crippen molar-refractivity contribution in [1.29, 1.82) is 0 Å². The normalized spacial score (nSPS) is 13.5. The summed E-state index contributed by atoms with van der Waals surface area (Å²) in [5.41, 5.74) is 4.47. The number of methoxy groups -OCH3 is 1. The Morgan fingerprint density at radius 2 is 1.61 bits per heavy atom. The molecule has 0 unspecified atom stereocenters. The molecule has 0 aromatic heterocycles. The summed E-state index contributed by atoms with van der Waals surface area (Å²) in [4.78, 5) is 28.4. The number of hydrogen-bond donors (Lipinski definition) is 1. The summed E-state index contributed by atoms with van der Waals surface area (Å²) in [5, 5.41) is 3.20. The van der Waals surface area contributed by atoms with Crippen molar-refractivity contribution in [2.75, 3.05) is 23.9 Å². The summed E-state index contributed by atoms with van der Waals surface area (Å²) in [7, 11) is 1.57. The molecule has 0 radical (unpaired) electrons. The number of anilines is 2. The van der Waals surface area contributed by atoms with Gasteiger partial charge in [0.1, 0.15) is 17.2 Å². The lowest BCUT2D eigenvalue weighted by molar-refractivity contribution is -0.120. The van der Waals surface area contributed by atoms with Crippen molar-refractivity contribution in [1.82, 2.24) is 0 Å². The number of nitrogens with zero attached hydrogens (tertiary/aromatic N) is 1. The summed E-state index contributed by atoms with van der Waals surface area (Å²) >= 11 is 0. The molecule has 1 heterocycles. The Morgan fingerprint density at radius 1 is 0.879 bits per heavy atom. The Bertz CT molecular complexity index is 1250. The van der Waals surface area contributed by atoms with Crippen molar-refractivity contribution in [2.45, 2.75) is 20.8 Å². The lowest BCUT2D eigenvalue weighted by Crippen LogP contribution is -2.32. The Hall–Kier alpha value is -4.06. The second-order valence-electron chi connectivity index (χ2n) is 7.75. The van der Waals surface area contributed by atoms with Crippen LogP contribution in [-0.4, -0.2) is 25.5 Å². The molecular formula is C27H26N2O4. The maximum Gasteiger partial charge on any atom is 0.282 e. The van der Waals surface area contributed by atoms with Crippen molar-refractivity contribution in [3.63, 3.8) is 0 Å². The number of aryl methyl sites for hydroxylation is 2. The maximum absolute atomic E-state index is 13.6. The van der Waals surface area contributed by atoms with Gasteiger partial charge in [-0.15, -0.1) is 0 Å². The number of nitrogens with one attached hydrogen (secondary N) is 1. The van der Waals surface area contributed by atoms with Crippen LogP contribution in [0.4, 0.5) is 11.4 Å². The standard InChI is InChI=1S/C27H26N2O4/c1-5-33-23-9-7-6-8-22(23)28-25-24(19-11-10-17(2)18(3)16-19)26(30)29(27(25)31)20-12-14-21(32-4)15-13-20/h6-16,28H,5H2,1-4H3. The highest BCUT2D eigenvalue weighted by atomic mass is 16.5. The van der Waals surface area contributed by atoms with E-state index in [1.165, 1.54) is 4.90 Å². The largest absolute Gasteiger partial charge is 0.497 e. The zero-order valence-corrected chi connectivity index (χ0v) is 19.1. The van der Waals surface area contributed by atoms with Gasteiger partial charge in [0.2, 0.25) is 0 Å². The number of carbonyl (C=O) groups is 2. The van der Waals surface area contributed by atoms with Gasteiger partial charge < -0.3 is 14.8 Å². The van der Waals surface area contributed by atoms with E-state index < -0.39 is 5.91 Å². The van der Waals surface area contributed by atoms with Gasteiger partial charge in [-0.2, -0.15) is 0 Å². The SMILES string of the molecule is CCOc1ccccc1NC1=C(c2ccc(C)c(C)c2)C(=O)N(c2ccc(OC)cc2)C1=O. The molecule has 6 heteroatoms. The smallest absolute Gasteiger partial charge is 0.282 e. The van der Waals surface area contributed by atoms with Crippen molar-refractivity contribution in [2.24, 2.45) is 0 Å². The topological polar surface area (TPSA) is 67.9 Å². The number of imide groups is 1. The van der Waals surface area contributed by atoms with Crippen LogP contribution in [0.3, 0.4) is 0 Å². The van der Waals surface area contributed by atoms with Gasteiger partial charge in [-0.1, -0.05) is 30.3 Å². The first kappa shape index (κ1) is 22.1. The van der Waals surface area contributed by atoms with Crippen LogP contribution in [-0.2, 0) is 9.59 Å². The third-order valence-electron chi connectivity index (χ3n) is 5.66. The van der Waals surface area contributed by atoms with Crippen LogP contribution in [0.1, 0.15) is 23.6 Å². The van der Waals surface area contributed by atoms with E-state index in [1.54, 1.807) is 31.4 Å². The molecular weight excluding hydrogens is 416 g/mol. The van der Waals surface area contributed by atoms with Crippen LogP contribution >= 0.6 is 0 Å². The molecule has 1 aliphatic rings. The summed E-state index contributed by atoms with van der Waals surface area (Å²) in [6.45, 7) is 6.37. The van der Waals surface area contributed by atoms with Gasteiger partial charge in [-0.3, -0.25) is 9.59 Å².